The van der Waals surface area contributed by atoms with Crippen molar-refractivity contribution in [1.82, 2.24) is 30.0 Å². The van der Waals surface area contributed by atoms with Gasteiger partial charge in [0, 0.05) is 26.2 Å². The molecule has 0 N–H and O–H groups in total. The van der Waals surface area contributed by atoms with Crippen LogP contribution in [0.4, 0.5) is 0 Å². The quantitative estimate of drug-likeness (QED) is 0.841. The second-order valence-corrected chi connectivity index (χ2v) is 6.23. The molecule has 122 valence electrons. The molecule has 0 aromatic carbocycles. The first-order valence-electron chi connectivity index (χ1n) is 8.07. The molecule has 1 saturated carbocycles. The molecular formula is C15H20N6O2. The van der Waals surface area contributed by atoms with Gasteiger partial charge in [-0.1, -0.05) is 0 Å². The fourth-order valence-corrected chi connectivity index (χ4v) is 3.10. The van der Waals surface area contributed by atoms with E-state index in [0.717, 1.165) is 31.8 Å². The molecule has 8 nitrogen and oxygen atoms in total. The summed E-state index contributed by atoms with van der Waals surface area (Å²) in [6.45, 7) is 5.20. The van der Waals surface area contributed by atoms with Gasteiger partial charge in [-0.3, -0.25) is 9.69 Å². The van der Waals surface area contributed by atoms with Crippen molar-refractivity contribution in [1.29, 1.82) is 0 Å². The summed E-state index contributed by atoms with van der Waals surface area (Å²) in [5.41, 5.74) is 0.615. The van der Waals surface area contributed by atoms with Crippen molar-refractivity contribution >= 4 is 5.91 Å². The van der Waals surface area contributed by atoms with Gasteiger partial charge in [-0.25, -0.2) is 4.68 Å². The van der Waals surface area contributed by atoms with Gasteiger partial charge in [-0.15, -0.1) is 5.10 Å². The van der Waals surface area contributed by atoms with Gasteiger partial charge in [0.1, 0.15) is 6.26 Å². The first kappa shape index (κ1) is 14.4. The summed E-state index contributed by atoms with van der Waals surface area (Å²) in [5.74, 6) is 0.968. The van der Waals surface area contributed by atoms with Crippen LogP contribution in [0.3, 0.4) is 0 Å². The molecule has 1 amide bonds. The number of hydrogen-bond acceptors (Lipinski definition) is 6. The Morgan fingerprint density at radius 2 is 2.09 bits per heavy atom. The Morgan fingerprint density at radius 3 is 2.74 bits per heavy atom. The second-order valence-electron chi connectivity index (χ2n) is 6.23. The smallest absolute Gasteiger partial charge is 0.257 e. The molecule has 1 atom stereocenters. The third-order valence-electron chi connectivity index (χ3n) is 4.70. The molecule has 2 aliphatic rings. The first-order valence-corrected chi connectivity index (χ1v) is 8.07. The van der Waals surface area contributed by atoms with E-state index >= 15 is 0 Å². The molecular weight excluding hydrogens is 296 g/mol. The summed E-state index contributed by atoms with van der Waals surface area (Å²) >= 11 is 0. The summed E-state index contributed by atoms with van der Waals surface area (Å²) in [4.78, 5) is 16.5. The Hall–Kier alpha value is -2.22. The van der Waals surface area contributed by atoms with E-state index < -0.39 is 0 Å². The normalized spacial score (nSPS) is 20.7. The van der Waals surface area contributed by atoms with E-state index in [1.165, 1.54) is 12.5 Å². The molecule has 0 radical (unpaired) electrons. The number of aromatic nitrogens is 4. The van der Waals surface area contributed by atoms with E-state index in [-0.39, 0.29) is 11.9 Å². The highest BCUT2D eigenvalue weighted by Gasteiger charge is 2.33. The van der Waals surface area contributed by atoms with Crippen molar-refractivity contribution in [2.24, 2.45) is 0 Å². The highest BCUT2D eigenvalue weighted by molar-refractivity contribution is 5.93. The first-order chi connectivity index (χ1) is 11.2. The third kappa shape index (κ3) is 2.74. The minimum atomic E-state index is 0.0360. The van der Waals surface area contributed by atoms with E-state index in [2.05, 4.69) is 27.3 Å². The maximum Gasteiger partial charge on any atom is 0.257 e. The summed E-state index contributed by atoms with van der Waals surface area (Å²) in [7, 11) is 0. The summed E-state index contributed by atoms with van der Waals surface area (Å²) < 4.78 is 6.96. The molecule has 1 aliphatic carbocycles. The predicted molar refractivity (Wildman–Crippen MR) is 80.7 cm³/mol. The van der Waals surface area contributed by atoms with Crippen LogP contribution in [0.5, 0.6) is 0 Å². The zero-order valence-corrected chi connectivity index (χ0v) is 13.1. The van der Waals surface area contributed by atoms with Crippen molar-refractivity contribution in [2.75, 3.05) is 26.2 Å². The van der Waals surface area contributed by atoms with Crippen LogP contribution in [0.15, 0.2) is 23.0 Å². The second kappa shape index (κ2) is 5.77. The van der Waals surface area contributed by atoms with Gasteiger partial charge in [0.2, 0.25) is 0 Å². The van der Waals surface area contributed by atoms with Crippen LogP contribution >= 0.6 is 0 Å². The largest absolute Gasteiger partial charge is 0.472 e. The van der Waals surface area contributed by atoms with E-state index in [4.69, 9.17) is 4.42 Å². The van der Waals surface area contributed by atoms with E-state index in [1.807, 2.05) is 9.58 Å². The van der Waals surface area contributed by atoms with Crippen LogP contribution in [-0.2, 0) is 0 Å². The molecule has 4 rings (SSSR count). The minimum Gasteiger partial charge on any atom is -0.472 e. The highest BCUT2D eigenvalue weighted by Crippen LogP contribution is 2.36. The van der Waals surface area contributed by atoms with E-state index in [9.17, 15) is 4.79 Å². The van der Waals surface area contributed by atoms with Gasteiger partial charge in [0.05, 0.1) is 23.9 Å². The number of carbonyl (C=O) groups is 1. The predicted octanol–water partition coefficient (Wildman–Crippen LogP) is 1.12. The highest BCUT2D eigenvalue weighted by atomic mass is 16.3. The summed E-state index contributed by atoms with van der Waals surface area (Å²) in [6, 6.07) is 2.35. The van der Waals surface area contributed by atoms with Crippen molar-refractivity contribution in [3.05, 3.63) is 30.0 Å². The lowest BCUT2D eigenvalue weighted by Gasteiger charge is -2.37. The SMILES string of the molecule is C[C@H](c1nnnn1C1CC1)N1CCN(C(=O)c2ccoc2)CC1. The molecule has 2 aromatic heterocycles. The molecule has 0 unspecified atom stereocenters. The van der Waals surface area contributed by atoms with Crippen LogP contribution in [0.1, 0.15) is 48.0 Å². The average Bonchev–Trinajstić information content (AvgIpc) is 3.09. The van der Waals surface area contributed by atoms with Crippen molar-refractivity contribution in [3.63, 3.8) is 0 Å². The van der Waals surface area contributed by atoms with Gasteiger partial charge in [-0.2, -0.15) is 0 Å². The van der Waals surface area contributed by atoms with Crippen LogP contribution in [0.2, 0.25) is 0 Å². The fourth-order valence-electron chi connectivity index (χ4n) is 3.10. The van der Waals surface area contributed by atoms with Gasteiger partial charge in [0.15, 0.2) is 5.82 Å². The summed E-state index contributed by atoms with van der Waals surface area (Å²) in [6.07, 6.45) is 5.36. The number of piperazine rings is 1. The van der Waals surface area contributed by atoms with Gasteiger partial charge in [-0.05, 0) is 36.3 Å². The molecule has 1 saturated heterocycles. The molecule has 23 heavy (non-hydrogen) atoms. The molecule has 2 fully saturated rings. The third-order valence-corrected chi connectivity index (χ3v) is 4.70. The maximum absolute atomic E-state index is 12.3. The molecule has 3 heterocycles. The van der Waals surface area contributed by atoms with Crippen molar-refractivity contribution in [3.8, 4) is 0 Å². The molecule has 0 spiro atoms. The standard InChI is InChI=1S/C15H20N6O2/c1-11(14-16-17-18-21(14)13-2-3-13)19-5-7-20(8-6-19)15(22)12-4-9-23-10-12/h4,9-11,13H,2-3,5-8H2,1H3/t11-/m1/s1. The zero-order chi connectivity index (χ0) is 15.8. The molecule has 1 aliphatic heterocycles. The van der Waals surface area contributed by atoms with E-state index in [0.29, 0.717) is 24.7 Å². The van der Waals surface area contributed by atoms with Crippen molar-refractivity contribution in [2.45, 2.75) is 31.8 Å². The summed E-state index contributed by atoms with van der Waals surface area (Å²) in [5, 5.41) is 12.2. The number of carbonyl (C=O) groups excluding carboxylic acids is 1. The zero-order valence-electron chi connectivity index (χ0n) is 13.1. The van der Waals surface area contributed by atoms with Crippen LogP contribution < -0.4 is 0 Å². The van der Waals surface area contributed by atoms with Gasteiger partial charge < -0.3 is 9.32 Å². The minimum absolute atomic E-state index is 0.0360. The fraction of sp³-hybridized carbons (Fsp3) is 0.600. The number of hydrogen-bond donors (Lipinski definition) is 0. The number of furan rings is 1. The lowest BCUT2D eigenvalue weighted by atomic mass is 10.2. The van der Waals surface area contributed by atoms with Gasteiger partial charge in [0.25, 0.3) is 5.91 Å². The number of rotatable bonds is 4. The van der Waals surface area contributed by atoms with Crippen LogP contribution in [-0.4, -0.2) is 62.1 Å². The average molecular weight is 316 g/mol. The number of nitrogens with zero attached hydrogens (tertiary/aromatic N) is 6. The monoisotopic (exact) mass is 316 g/mol. The lowest BCUT2D eigenvalue weighted by molar-refractivity contribution is 0.0570. The Bertz CT molecular complexity index is 670. The lowest BCUT2D eigenvalue weighted by Crippen LogP contribution is -2.49. The number of tetrazole rings is 1. The Kier molecular flexibility index (Phi) is 3.60. The Labute approximate surface area is 134 Å². The van der Waals surface area contributed by atoms with E-state index in [1.54, 1.807) is 6.07 Å². The Morgan fingerprint density at radius 1 is 1.30 bits per heavy atom. The maximum atomic E-state index is 12.3. The van der Waals surface area contributed by atoms with Gasteiger partial charge >= 0.3 is 0 Å². The molecule has 0 bridgehead atoms. The molecule has 8 heteroatoms. The molecule has 2 aromatic rings. The van der Waals surface area contributed by atoms with Crippen LogP contribution in [0.25, 0.3) is 0 Å². The number of amides is 1. The topological polar surface area (TPSA) is 80.3 Å². The van der Waals surface area contributed by atoms with Crippen molar-refractivity contribution < 1.29 is 9.21 Å². The Balaban J connectivity index is 1.39. The van der Waals surface area contributed by atoms with Crippen LogP contribution in [0, 0.1) is 0 Å².